The first-order chi connectivity index (χ1) is 33.4. The van der Waals surface area contributed by atoms with E-state index in [-0.39, 0.29) is 90.8 Å². The van der Waals surface area contributed by atoms with Crippen LogP contribution in [0.2, 0.25) is 0 Å². The van der Waals surface area contributed by atoms with Gasteiger partial charge in [-0.25, -0.2) is 9.98 Å². The minimum Gasteiger partial charge on any atom is -0.871 e. The van der Waals surface area contributed by atoms with Crippen molar-refractivity contribution >= 4 is 134 Å². The summed E-state index contributed by atoms with van der Waals surface area (Å²) >= 11 is 13.3. The van der Waals surface area contributed by atoms with E-state index in [9.17, 15) is 20.4 Å². The minimum atomic E-state index is -0.203. The first kappa shape index (κ1) is 69.2. The molecule has 0 unspecified atom stereocenters. The SMILES string of the molecule is CC(C)(C)c1cc([NH2+]CC[NH+]=Cc2cc(Br)cc(Br)c2[O-])c([O-])c(C(C)(C)C)c1.CC(C)(C)c1cc([NH2+]CC[NH+]=Cc2cc(Br)cc(Br)c2[O-])c([O-])c(C(C)(C)C)c1.Cc1ccccc1.Cc1ccccc1.[Mg+2].[Mg+2]. The van der Waals surface area contributed by atoms with Crippen LogP contribution in [0.4, 0.5) is 11.4 Å². The molecule has 0 spiro atoms. The molecule has 0 aliphatic carbocycles. The average Bonchev–Trinajstić information content (AvgIpc) is 3.27. The fourth-order valence-corrected chi connectivity index (χ4v) is 9.53. The zero-order valence-electron chi connectivity index (χ0n) is 46.1. The number of halogens is 4. The standard InChI is InChI=1S/2C23H30Br2N2O2.2C7H8.2Mg/c2*1-22(2,3)15-10-17(23(4,5)6)21(29)19(11-15)27-8-7-26-13-14-9-16(24)12-18(25)20(14)28;2*1-7-5-3-2-4-6-7;;/h2*9-13,27-29H,7-8H2,1-6H3;2*2-6H,1H3;;/q;;;;2*+2. The van der Waals surface area contributed by atoms with Crippen molar-refractivity contribution in [3.63, 3.8) is 0 Å². The van der Waals surface area contributed by atoms with E-state index in [4.69, 9.17) is 0 Å². The summed E-state index contributed by atoms with van der Waals surface area (Å²) in [5.74, 6) is 0.0953. The Kier molecular flexibility index (Phi) is 29.6. The first-order valence-corrected chi connectivity index (χ1v) is 27.4. The second kappa shape index (κ2) is 31.6. The van der Waals surface area contributed by atoms with E-state index < -0.39 is 0 Å². The smallest absolute Gasteiger partial charge is 0.871 e. The van der Waals surface area contributed by atoms with Gasteiger partial charge in [-0.05, 0) is 93.5 Å². The summed E-state index contributed by atoms with van der Waals surface area (Å²) in [4.78, 5) is 6.35. The van der Waals surface area contributed by atoms with Gasteiger partial charge in [-0.1, -0.05) is 242 Å². The van der Waals surface area contributed by atoms with Crippen molar-refractivity contribution in [3.8, 4) is 23.0 Å². The second-order valence-corrected chi connectivity index (χ2v) is 25.5. The van der Waals surface area contributed by atoms with Gasteiger partial charge in [0.2, 0.25) is 0 Å². The maximum Gasteiger partial charge on any atom is 2.00 e. The summed E-state index contributed by atoms with van der Waals surface area (Å²) in [5.41, 5.74) is 8.89. The van der Waals surface area contributed by atoms with E-state index in [2.05, 4.69) is 207 Å². The second-order valence-electron chi connectivity index (χ2n) is 22.0. The Labute approximate surface area is 509 Å². The summed E-state index contributed by atoms with van der Waals surface area (Å²) in [5, 5.41) is 54.2. The fraction of sp³-hybridized carbons (Fsp3) is 0.367. The van der Waals surface area contributed by atoms with Gasteiger partial charge in [-0.15, -0.1) is 0 Å². The molecule has 6 rings (SSSR count). The molecule has 0 bridgehead atoms. The zero-order chi connectivity index (χ0) is 54.2. The Hall–Kier alpha value is -2.77. The van der Waals surface area contributed by atoms with E-state index in [1.807, 2.05) is 59.2 Å². The molecule has 0 radical (unpaired) electrons. The molecule has 0 aliphatic rings. The Balaban J connectivity index is 0.000000571. The fourth-order valence-electron chi connectivity index (χ4n) is 7.02. The molecule has 6 aromatic rings. The van der Waals surface area contributed by atoms with E-state index in [0.29, 0.717) is 46.3 Å². The van der Waals surface area contributed by atoms with Gasteiger partial charge in [0.1, 0.15) is 24.5 Å². The first-order valence-electron chi connectivity index (χ1n) is 24.3. The molecule has 0 atom stereocenters. The van der Waals surface area contributed by atoms with Crippen LogP contribution in [0, 0.1) is 13.8 Å². The maximum absolute atomic E-state index is 13.0. The summed E-state index contributed by atoms with van der Waals surface area (Å²) in [6, 6.07) is 35.7. The van der Waals surface area contributed by atoms with Crippen LogP contribution in [-0.4, -0.2) is 84.7 Å². The number of rotatable bonds is 10. The molecule has 74 heavy (non-hydrogen) atoms. The third-order valence-electron chi connectivity index (χ3n) is 11.4. The molecule has 0 heterocycles. The van der Waals surface area contributed by atoms with Crippen molar-refractivity contribution < 1.29 is 41.0 Å². The largest absolute Gasteiger partial charge is 2.00 e. The molecule has 6 N–H and O–H groups in total. The van der Waals surface area contributed by atoms with Crippen LogP contribution >= 0.6 is 63.7 Å². The monoisotopic (exact) mass is 1280 g/mol. The van der Waals surface area contributed by atoms with E-state index in [1.54, 1.807) is 36.7 Å². The molecular formula is C60H76Br4Mg2N4O4+4. The summed E-state index contributed by atoms with van der Waals surface area (Å²) in [7, 11) is 0. The van der Waals surface area contributed by atoms with Crippen molar-refractivity contribution in [1.29, 1.82) is 0 Å². The Bertz CT molecular complexity index is 2560. The topological polar surface area (TPSA) is 153 Å². The molecule has 0 saturated heterocycles. The van der Waals surface area contributed by atoms with E-state index in [0.717, 1.165) is 31.4 Å². The minimum absolute atomic E-state index is 0. The molecule has 0 amide bonds. The van der Waals surface area contributed by atoms with Gasteiger partial charge in [0.15, 0.2) is 25.5 Å². The van der Waals surface area contributed by atoms with Crippen LogP contribution in [0.3, 0.4) is 0 Å². The van der Waals surface area contributed by atoms with Crippen LogP contribution in [0.25, 0.3) is 0 Å². The zero-order valence-corrected chi connectivity index (χ0v) is 55.3. The number of aryl methyl sites for hydroxylation is 2. The van der Waals surface area contributed by atoms with Crippen LogP contribution < -0.4 is 41.0 Å². The van der Waals surface area contributed by atoms with Crippen molar-refractivity contribution in [1.82, 2.24) is 0 Å². The molecule has 0 aliphatic heterocycles. The molecule has 0 aromatic heterocycles. The molecule has 388 valence electrons. The van der Waals surface area contributed by atoms with Crippen LogP contribution in [0.5, 0.6) is 23.0 Å². The van der Waals surface area contributed by atoms with Crippen LogP contribution in [0.15, 0.2) is 127 Å². The van der Waals surface area contributed by atoms with Crippen molar-refractivity contribution in [2.45, 2.75) is 119 Å². The number of nitrogens with two attached hydrogens (primary N) is 2. The van der Waals surface area contributed by atoms with Gasteiger partial charge in [-0.3, -0.25) is 0 Å². The molecule has 8 nitrogen and oxygen atoms in total. The molecule has 6 aromatic carbocycles. The number of hydrogen-bond donors (Lipinski definition) is 4. The van der Waals surface area contributed by atoms with E-state index >= 15 is 0 Å². The number of benzene rings is 6. The third kappa shape index (κ3) is 23.5. The normalized spacial score (nSPS) is 11.6. The molecule has 0 fully saturated rings. The average molecular weight is 1290 g/mol. The van der Waals surface area contributed by atoms with Crippen molar-refractivity contribution in [3.05, 3.63) is 172 Å². The van der Waals surface area contributed by atoms with Crippen LogP contribution in [0.1, 0.15) is 128 Å². The number of nitrogens with one attached hydrogen (secondary N) is 2. The molecule has 14 heteroatoms. The predicted molar refractivity (Wildman–Crippen MR) is 318 cm³/mol. The van der Waals surface area contributed by atoms with Gasteiger partial charge < -0.3 is 31.1 Å². The quantitative estimate of drug-likeness (QED) is 0.0477. The van der Waals surface area contributed by atoms with Gasteiger partial charge >= 0.3 is 46.1 Å². The van der Waals surface area contributed by atoms with Gasteiger partial charge in [0.05, 0.1) is 0 Å². The Morgan fingerprint density at radius 2 is 0.743 bits per heavy atom. The number of quaternary nitrogens is 2. The van der Waals surface area contributed by atoms with E-state index in [1.165, 1.54) is 22.3 Å². The molecular weight excluding hydrogens is 1210 g/mol. The Morgan fingerprint density at radius 1 is 0.432 bits per heavy atom. The summed E-state index contributed by atoms with van der Waals surface area (Å²) in [6.45, 7) is 32.2. The van der Waals surface area contributed by atoms with Crippen LogP contribution in [-0.2, 0) is 21.7 Å². The third-order valence-corrected chi connectivity index (χ3v) is 13.5. The molecule has 0 saturated carbocycles. The van der Waals surface area contributed by atoms with Crippen molar-refractivity contribution in [2.24, 2.45) is 0 Å². The summed E-state index contributed by atoms with van der Waals surface area (Å²) < 4.78 is 2.73. The van der Waals surface area contributed by atoms with Gasteiger partial charge in [0, 0.05) is 41.2 Å². The van der Waals surface area contributed by atoms with Gasteiger partial charge in [0.25, 0.3) is 0 Å². The number of hydrogen-bond acceptors (Lipinski definition) is 4. The maximum atomic E-state index is 13.0. The van der Waals surface area contributed by atoms with Gasteiger partial charge in [-0.2, -0.15) is 0 Å². The Morgan fingerprint density at radius 3 is 1.00 bits per heavy atom. The summed E-state index contributed by atoms with van der Waals surface area (Å²) in [6.07, 6.45) is 3.44. The van der Waals surface area contributed by atoms with Crippen molar-refractivity contribution in [2.75, 3.05) is 26.2 Å². The predicted octanol–water partition coefficient (Wildman–Crippen LogP) is 7.93.